The van der Waals surface area contributed by atoms with Crippen LogP contribution in [0.5, 0.6) is 0 Å². The van der Waals surface area contributed by atoms with Gasteiger partial charge in [-0.2, -0.15) is 0 Å². The van der Waals surface area contributed by atoms with Crippen molar-refractivity contribution in [1.29, 1.82) is 0 Å². The van der Waals surface area contributed by atoms with Gasteiger partial charge in [0, 0.05) is 41.9 Å². The second-order valence-corrected chi connectivity index (χ2v) is 6.03. The van der Waals surface area contributed by atoms with Crippen molar-refractivity contribution in [2.75, 3.05) is 5.32 Å². The molecular weight excluding hydrogens is 338 g/mol. The minimum atomic E-state index is -0.202. The molecule has 0 aliphatic heterocycles. The van der Waals surface area contributed by atoms with Gasteiger partial charge in [0.25, 0.3) is 5.91 Å². The Morgan fingerprint density at radius 3 is 2.74 bits per heavy atom. The van der Waals surface area contributed by atoms with Gasteiger partial charge in [0.15, 0.2) is 5.82 Å². The number of benzene rings is 1. The number of carbonyl (C=O) groups is 1. The first kappa shape index (κ1) is 16.7. The average molecular weight is 355 g/mol. The first-order valence-electron chi connectivity index (χ1n) is 8.50. The fourth-order valence-corrected chi connectivity index (χ4v) is 2.80. The Morgan fingerprint density at radius 1 is 1.04 bits per heavy atom. The van der Waals surface area contributed by atoms with Crippen molar-refractivity contribution >= 4 is 11.6 Å². The van der Waals surface area contributed by atoms with Crippen LogP contribution in [-0.2, 0) is 0 Å². The summed E-state index contributed by atoms with van der Waals surface area (Å²) in [4.78, 5) is 25.3. The molecule has 1 aromatic carbocycles. The Kier molecular flexibility index (Phi) is 4.45. The van der Waals surface area contributed by atoms with Crippen molar-refractivity contribution in [2.45, 2.75) is 6.92 Å². The average Bonchev–Trinajstić information content (AvgIpc) is 3.19. The van der Waals surface area contributed by atoms with E-state index in [2.05, 4.69) is 20.3 Å². The Morgan fingerprint density at radius 2 is 1.93 bits per heavy atom. The number of hydrogen-bond donors (Lipinski definition) is 1. The molecule has 0 saturated carbocycles. The second kappa shape index (κ2) is 7.21. The Labute approximate surface area is 156 Å². The monoisotopic (exact) mass is 355 g/mol. The Bertz CT molecular complexity index is 1090. The lowest BCUT2D eigenvalue weighted by molar-refractivity contribution is 0.102. The van der Waals surface area contributed by atoms with Crippen LogP contribution in [0.3, 0.4) is 0 Å². The smallest absolute Gasteiger partial charge is 0.257 e. The first-order chi connectivity index (χ1) is 13.2. The van der Waals surface area contributed by atoms with Gasteiger partial charge in [-0.15, -0.1) is 0 Å². The molecular formula is C21H17N5O. The topological polar surface area (TPSA) is 72.7 Å². The van der Waals surface area contributed by atoms with E-state index >= 15 is 0 Å². The van der Waals surface area contributed by atoms with Gasteiger partial charge < -0.3 is 5.32 Å². The van der Waals surface area contributed by atoms with Crippen molar-refractivity contribution in [2.24, 2.45) is 0 Å². The van der Waals surface area contributed by atoms with Crippen LogP contribution in [-0.4, -0.2) is 25.4 Å². The van der Waals surface area contributed by atoms with E-state index in [9.17, 15) is 4.79 Å². The van der Waals surface area contributed by atoms with Gasteiger partial charge in [-0.1, -0.05) is 12.1 Å². The van der Waals surface area contributed by atoms with Crippen molar-refractivity contribution < 1.29 is 4.79 Å². The lowest BCUT2D eigenvalue weighted by Crippen LogP contribution is -2.12. The number of rotatable bonds is 4. The fraction of sp³-hybridized carbons (Fsp3) is 0.0476. The lowest BCUT2D eigenvalue weighted by Gasteiger charge is -2.11. The number of nitrogens with one attached hydrogen (secondary N) is 1. The standard InChI is InChI=1S/C21H17N5O/c1-15-5-2-9-19(24-15)20-23-11-12-26(20)18-8-3-7-17(13-18)25-21(27)16-6-4-10-22-14-16/h2-14H,1H3,(H,25,27). The lowest BCUT2D eigenvalue weighted by atomic mass is 10.2. The van der Waals surface area contributed by atoms with Gasteiger partial charge in [-0.3, -0.25) is 14.3 Å². The third kappa shape index (κ3) is 3.59. The van der Waals surface area contributed by atoms with E-state index in [1.807, 2.05) is 60.2 Å². The molecule has 3 heterocycles. The van der Waals surface area contributed by atoms with E-state index in [4.69, 9.17) is 0 Å². The molecule has 1 amide bonds. The second-order valence-electron chi connectivity index (χ2n) is 6.03. The number of nitrogens with zero attached hydrogens (tertiary/aromatic N) is 4. The highest BCUT2D eigenvalue weighted by Crippen LogP contribution is 2.22. The summed E-state index contributed by atoms with van der Waals surface area (Å²) in [6.45, 7) is 1.95. The summed E-state index contributed by atoms with van der Waals surface area (Å²) in [5.41, 5.74) is 3.81. The predicted octanol–water partition coefficient (Wildman–Crippen LogP) is 3.89. The molecule has 0 fully saturated rings. The number of pyridine rings is 2. The molecule has 0 spiro atoms. The van der Waals surface area contributed by atoms with Gasteiger partial charge in [-0.05, 0) is 49.4 Å². The van der Waals surface area contributed by atoms with E-state index in [-0.39, 0.29) is 5.91 Å². The number of imidazole rings is 1. The van der Waals surface area contributed by atoms with Crippen molar-refractivity contribution in [3.8, 4) is 17.2 Å². The molecule has 0 aliphatic rings. The number of carbonyl (C=O) groups excluding carboxylic acids is 1. The van der Waals surface area contributed by atoms with E-state index in [0.29, 0.717) is 11.3 Å². The number of amides is 1. The molecule has 6 heteroatoms. The summed E-state index contributed by atoms with van der Waals surface area (Å²) < 4.78 is 1.95. The van der Waals surface area contributed by atoms with Crippen molar-refractivity contribution in [3.05, 3.63) is 90.6 Å². The molecule has 4 rings (SSSR count). The maximum absolute atomic E-state index is 12.4. The van der Waals surface area contributed by atoms with Crippen LogP contribution in [0, 0.1) is 6.92 Å². The number of aromatic nitrogens is 4. The molecule has 0 aliphatic carbocycles. The highest BCUT2D eigenvalue weighted by Gasteiger charge is 2.11. The van der Waals surface area contributed by atoms with E-state index in [1.54, 1.807) is 24.5 Å². The van der Waals surface area contributed by atoms with Crippen LogP contribution in [0.2, 0.25) is 0 Å². The van der Waals surface area contributed by atoms with Gasteiger partial charge in [0.1, 0.15) is 5.69 Å². The summed E-state index contributed by atoms with van der Waals surface area (Å²) in [7, 11) is 0. The van der Waals surface area contributed by atoms with Gasteiger partial charge in [0.2, 0.25) is 0 Å². The molecule has 3 aromatic heterocycles. The minimum Gasteiger partial charge on any atom is -0.322 e. The molecule has 0 bridgehead atoms. The third-order valence-corrected chi connectivity index (χ3v) is 4.06. The van der Waals surface area contributed by atoms with Crippen LogP contribution in [0.15, 0.2) is 79.4 Å². The highest BCUT2D eigenvalue weighted by molar-refractivity contribution is 6.04. The number of anilines is 1. The zero-order chi connectivity index (χ0) is 18.6. The molecule has 0 saturated heterocycles. The van der Waals surface area contributed by atoms with E-state index < -0.39 is 0 Å². The molecule has 4 aromatic rings. The summed E-state index contributed by atoms with van der Waals surface area (Å²) >= 11 is 0. The summed E-state index contributed by atoms with van der Waals surface area (Å²) in [5, 5.41) is 2.90. The van der Waals surface area contributed by atoms with Crippen molar-refractivity contribution in [3.63, 3.8) is 0 Å². The maximum atomic E-state index is 12.4. The van der Waals surface area contributed by atoms with E-state index in [0.717, 1.165) is 22.9 Å². The van der Waals surface area contributed by atoms with Crippen LogP contribution < -0.4 is 5.32 Å². The molecule has 1 N–H and O–H groups in total. The molecule has 0 radical (unpaired) electrons. The first-order valence-corrected chi connectivity index (χ1v) is 8.50. The van der Waals surface area contributed by atoms with Gasteiger partial charge >= 0.3 is 0 Å². The van der Waals surface area contributed by atoms with Gasteiger partial charge in [-0.25, -0.2) is 9.97 Å². The molecule has 0 unspecified atom stereocenters. The summed E-state index contributed by atoms with van der Waals surface area (Å²) in [6, 6.07) is 16.9. The van der Waals surface area contributed by atoms with Crippen LogP contribution in [0.4, 0.5) is 5.69 Å². The Balaban J connectivity index is 1.64. The van der Waals surface area contributed by atoms with Crippen LogP contribution >= 0.6 is 0 Å². The number of hydrogen-bond acceptors (Lipinski definition) is 4. The Hall–Kier alpha value is -3.80. The minimum absolute atomic E-state index is 0.202. The largest absolute Gasteiger partial charge is 0.322 e. The third-order valence-electron chi connectivity index (χ3n) is 4.06. The zero-order valence-electron chi connectivity index (χ0n) is 14.7. The summed E-state index contributed by atoms with van der Waals surface area (Å²) in [5.74, 6) is 0.542. The zero-order valence-corrected chi connectivity index (χ0v) is 14.7. The molecule has 6 nitrogen and oxygen atoms in total. The van der Waals surface area contributed by atoms with Gasteiger partial charge in [0.05, 0.1) is 5.56 Å². The molecule has 27 heavy (non-hydrogen) atoms. The highest BCUT2D eigenvalue weighted by atomic mass is 16.1. The van der Waals surface area contributed by atoms with Crippen LogP contribution in [0.25, 0.3) is 17.2 Å². The number of aryl methyl sites for hydroxylation is 1. The van der Waals surface area contributed by atoms with Crippen LogP contribution in [0.1, 0.15) is 16.1 Å². The summed E-state index contributed by atoms with van der Waals surface area (Å²) in [6.07, 6.45) is 6.79. The predicted molar refractivity (Wildman–Crippen MR) is 104 cm³/mol. The normalized spacial score (nSPS) is 10.6. The quantitative estimate of drug-likeness (QED) is 0.603. The maximum Gasteiger partial charge on any atom is 0.257 e. The molecule has 0 atom stereocenters. The SMILES string of the molecule is Cc1cccc(-c2nccn2-c2cccc(NC(=O)c3cccnc3)c2)n1. The fourth-order valence-electron chi connectivity index (χ4n) is 2.80. The van der Waals surface area contributed by atoms with E-state index in [1.165, 1.54) is 6.20 Å². The van der Waals surface area contributed by atoms with Crippen molar-refractivity contribution in [1.82, 2.24) is 19.5 Å². The molecule has 132 valence electrons.